The van der Waals surface area contributed by atoms with Gasteiger partial charge in [0, 0.05) is 10.9 Å². The van der Waals surface area contributed by atoms with Gasteiger partial charge in [-0.25, -0.2) is 9.37 Å². The molecule has 2 nitrogen and oxygen atoms in total. The molecule has 4 rings (SSSR count). The minimum atomic E-state index is -0.293. The Hall–Kier alpha value is -3.20. The molecular weight excluding hydrogens is 301 g/mol. The molecule has 0 bridgehead atoms. The number of fused-ring (bicyclic) bond motifs is 1. The SMILES string of the molecule is Fc1ccc(Oc2nc(-c3ccccc3)cc3ccccc23)cc1. The third-order valence-electron chi connectivity index (χ3n) is 3.80. The second-order valence-corrected chi connectivity index (χ2v) is 5.46. The van der Waals surface area contributed by atoms with E-state index in [1.165, 1.54) is 12.1 Å². The first kappa shape index (κ1) is 14.4. The highest BCUT2D eigenvalue weighted by Gasteiger charge is 2.09. The van der Waals surface area contributed by atoms with Crippen LogP contribution in [-0.2, 0) is 0 Å². The van der Waals surface area contributed by atoms with Crippen LogP contribution in [0.25, 0.3) is 22.0 Å². The van der Waals surface area contributed by atoms with Crippen LogP contribution in [0, 0.1) is 5.82 Å². The number of halogens is 1. The molecule has 3 heteroatoms. The fraction of sp³-hybridized carbons (Fsp3) is 0. The van der Waals surface area contributed by atoms with Crippen molar-refractivity contribution in [2.24, 2.45) is 0 Å². The lowest BCUT2D eigenvalue weighted by molar-refractivity contribution is 0.468. The van der Waals surface area contributed by atoms with Gasteiger partial charge in [-0.2, -0.15) is 0 Å². The van der Waals surface area contributed by atoms with Crippen molar-refractivity contribution < 1.29 is 9.13 Å². The number of aromatic nitrogens is 1. The van der Waals surface area contributed by atoms with Gasteiger partial charge in [0.05, 0.1) is 5.69 Å². The lowest BCUT2D eigenvalue weighted by Gasteiger charge is -2.11. The van der Waals surface area contributed by atoms with Crippen molar-refractivity contribution in [3.8, 4) is 22.9 Å². The van der Waals surface area contributed by atoms with E-state index in [0.29, 0.717) is 11.6 Å². The third kappa shape index (κ3) is 2.84. The molecule has 0 saturated carbocycles. The normalized spacial score (nSPS) is 10.7. The largest absolute Gasteiger partial charge is 0.438 e. The Labute approximate surface area is 139 Å². The van der Waals surface area contributed by atoms with Gasteiger partial charge in [0.15, 0.2) is 0 Å². The summed E-state index contributed by atoms with van der Waals surface area (Å²) >= 11 is 0. The Morgan fingerprint density at radius 2 is 1.46 bits per heavy atom. The van der Waals surface area contributed by atoms with Crippen molar-refractivity contribution in [3.63, 3.8) is 0 Å². The highest BCUT2D eigenvalue weighted by atomic mass is 19.1. The molecule has 0 atom stereocenters. The van der Waals surface area contributed by atoms with Gasteiger partial charge in [-0.3, -0.25) is 0 Å². The smallest absolute Gasteiger partial charge is 0.227 e. The first-order chi connectivity index (χ1) is 11.8. The maximum atomic E-state index is 13.1. The van der Waals surface area contributed by atoms with Crippen molar-refractivity contribution in [1.29, 1.82) is 0 Å². The highest BCUT2D eigenvalue weighted by Crippen LogP contribution is 2.32. The van der Waals surface area contributed by atoms with E-state index in [1.54, 1.807) is 12.1 Å². The standard InChI is InChI=1S/C21H14FNO/c22-17-10-12-18(13-11-17)24-21-19-9-5-4-8-16(19)14-20(23-21)15-6-2-1-3-7-15/h1-14H. The van der Waals surface area contributed by atoms with Crippen molar-refractivity contribution in [2.75, 3.05) is 0 Å². The van der Waals surface area contributed by atoms with Gasteiger partial charge in [0.2, 0.25) is 5.88 Å². The minimum Gasteiger partial charge on any atom is -0.438 e. The molecule has 0 amide bonds. The van der Waals surface area contributed by atoms with Crippen LogP contribution in [0.15, 0.2) is 84.9 Å². The number of pyridine rings is 1. The van der Waals surface area contributed by atoms with E-state index in [4.69, 9.17) is 4.74 Å². The van der Waals surface area contributed by atoms with Crippen LogP contribution in [0.1, 0.15) is 0 Å². The summed E-state index contributed by atoms with van der Waals surface area (Å²) in [6.45, 7) is 0. The molecule has 0 aliphatic carbocycles. The zero-order valence-electron chi connectivity index (χ0n) is 12.8. The zero-order valence-corrected chi connectivity index (χ0v) is 12.8. The summed E-state index contributed by atoms with van der Waals surface area (Å²) in [6, 6.07) is 25.9. The molecule has 0 saturated heterocycles. The van der Waals surface area contributed by atoms with Gasteiger partial charge in [-0.05, 0) is 41.8 Å². The molecule has 0 aliphatic heterocycles. The van der Waals surface area contributed by atoms with Gasteiger partial charge in [0.1, 0.15) is 11.6 Å². The fourth-order valence-electron chi connectivity index (χ4n) is 2.62. The van der Waals surface area contributed by atoms with Gasteiger partial charge < -0.3 is 4.74 Å². The number of nitrogens with zero attached hydrogens (tertiary/aromatic N) is 1. The molecular formula is C21H14FNO. The average molecular weight is 315 g/mol. The second kappa shape index (κ2) is 6.13. The molecule has 0 N–H and O–H groups in total. The van der Waals surface area contributed by atoms with E-state index in [-0.39, 0.29) is 5.82 Å². The van der Waals surface area contributed by atoms with Crippen molar-refractivity contribution in [3.05, 3.63) is 90.7 Å². The molecule has 0 radical (unpaired) electrons. The lowest BCUT2D eigenvalue weighted by Crippen LogP contribution is -1.93. The Morgan fingerprint density at radius 1 is 0.750 bits per heavy atom. The molecule has 4 aromatic rings. The van der Waals surface area contributed by atoms with Gasteiger partial charge >= 0.3 is 0 Å². The number of rotatable bonds is 3. The first-order valence-corrected chi connectivity index (χ1v) is 7.68. The molecule has 0 unspecified atom stereocenters. The maximum absolute atomic E-state index is 13.1. The monoisotopic (exact) mass is 315 g/mol. The number of hydrogen-bond acceptors (Lipinski definition) is 2. The van der Waals surface area contributed by atoms with E-state index < -0.39 is 0 Å². The van der Waals surface area contributed by atoms with E-state index in [2.05, 4.69) is 4.98 Å². The number of ether oxygens (including phenoxy) is 1. The molecule has 116 valence electrons. The molecule has 1 heterocycles. The van der Waals surface area contributed by atoms with Gasteiger partial charge in [-0.15, -0.1) is 0 Å². The molecule has 0 aliphatic rings. The highest BCUT2D eigenvalue weighted by molar-refractivity contribution is 5.90. The maximum Gasteiger partial charge on any atom is 0.227 e. The Kier molecular flexibility index (Phi) is 3.67. The number of hydrogen-bond donors (Lipinski definition) is 0. The number of benzene rings is 3. The van der Waals surface area contributed by atoms with E-state index in [0.717, 1.165) is 22.0 Å². The van der Waals surface area contributed by atoms with Crippen molar-refractivity contribution in [2.45, 2.75) is 0 Å². The third-order valence-corrected chi connectivity index (χ3v) is 3.80. The van der Waals surface area contributed by atoms with Crippen LogP contribution in [0.2, 0.25) is 0 Å². The van der Waals surface area contributed by atoms with Gasteiger partial charge in [0.25, 0.3) is 0 Å². The topological polar surface area (TPSA) is 22.1 Å². The lowest BCUT2D eigenvalue weighted by atomic mass is 10.1. The zero-order chi connectivity index (χ0) is 16.4. The van der Waals surface area contributed by atoms with Crippen LogP contribution >= 0.6 is 0 Å². The summed E-state index contributed by atoms with van der Waals surface area (Å²) in [5, 5.41) is 1.96. The van der Waals surface area contributed by atoms with Crippen LogP contribution in [0.5, 0.6) is 11.6 Å². The molecule has 24 heavy (non-hydrogen) atoms. The van der Waals surface area contributed by atoms with Crippen LogP contribution in [-0.4, -0.2) is 4.98 Å². The summed E-state index contributed by atoms with van der Waals surface area (Å²) in [6.07, 6.45) is 0. The quantitative estimate of drug-likeness (QED) is 0.474. The Balaban J connectivity index is 1.85. The summed E-state index contributed by atoms with van der Waals surface area (Å²) in [5.41, 5.74) is 1.86. The van der Waals surface area contributed by atoms with Crippen LogP contribution in [0.3, 0.4) is 0 Å². The van der Waals surface area contributed by atoms with E-state index in [9.17, 15) is 4.39 Å². The molecule has 1 aromatic heterocycles. The molecule has 0 fully saturated rings. The van der Waals surface area contributed by atoms with Crippen LogP contribution < -0.4 is 4.74 Å². The fourth-order valence-corrected chi connectivity index (χ4v) is 2.62. The predicted molar refractivity (Wildman–Crippen MR) is 93.7 cm³/mol. The predicted octanol–water partition coefficient (Wildman–Crippen LogP) is 5.83. The van der Waals surface area contributed by atoms with Crippen molar-refractivity contribution in [1.82, 2.24) is 4.98 Å². The summed E-state index contributed by atoms with van der Waals surface area (Å²) in [5.74, 6) is 0.774. The second-order valence-electron chi connectivity index (χ2n) is 5.46. The summed E-state index contributed by atoms with van der Waals surface area (Å²) in [4.78, 5) is 4.67. The first-order valence-electron chi connectivity index (χ1n) is 7.68. The molecule has 3 aromatic carbocycles. The summed E-state index contributed by atoms with van der Waals surface area (Å²) < 4.78 is 19.0. The van der Waals surface area contributed by atoms with Crippen LogP contribution in [0.4, 0.5) is 4.39 Å². The van der Waals surface area contributed by atoms with E-state index >= 15 is 0 Å². The minimum absolute atomic E-state index is 0.293. The summed E-state index contributed by atoms with van der Waals surface area (Å²) in [7, 11) is 0. The van der Waals surface area contributed by atoms with Crippen molar-refractivity contribution >= 4 is 10.8 Å². The van der Waals surface area contributed by atoms with E-state index in [1.807, 2.05) is 60.7 Å². The average Bonchev–Trinajstić information content (AvgIpc) is 2.64. The Bertz CT molecular complexity index is 982. The molecule has 0 spiro atoms. The van der Waals surface area contributed by atoms with Gasteiger partial charge in [-0.1, -0.05) is 48.5 Å². The Morgan fingerprint density at radius 3 is 2.25 bits per heavy atom.